The van der Waals surface area contributed by atoms with Gasteiger partial charge >= 0.3 is 0 Å². The third-order valence-electron chi connectivity index (χ3n) is 2.54. The van der Waals surface area contributed by atoms with E-state index in [2.05, 4.69) is 12.2 Å². The van der Waals surface area contributed by atoms with Crippen molar-refractivity contribution in [1.82, 2.24) is 5.32 Å². The highest BCUT2D eigenvalue weighted by Crippen LogP contribution is 1.99. The standard InChI is InChI=1S/C13H29NO4/c1-4-5-6-17-7-8-18-10-12(16)9-14-13(2,3)11-15/h12,14-16H,4-11H2,1-3H3. The number of β-amino-alcohol motifs (C(OH)–C–C–N with tert-alkyl or cyclic N) is 1. The molecule has 0 spiro atoms. The van der Waals surface area contributed by atoms with E-state index in [1.165, 1.54) is 0 Å². The van der Waals surface area contributed by atoms with Crippen molar-refractivity contribution in [3.05, 3.63) is 0 Å². The summed E-state index contributed by atoms with van der Waals surface area (Å²) >= 11 is 0. The fourth-order valence-corrected chi connectivity index (χ4v) is 1.19. The lowest BCUT2D eigenvalue weighted by Gasteiger charge is -2.25. The molecule has 0 aromatic rings. The number of hydrogen-bond acceptors (Lipinski definition) is 5. The number of aliphatic hydroxyl groups is 2. The maximum Gasteiger partial charge on any atom is 0.0897 e. The zero-order valence-corrected chi connectivity index (χ0v) is 11.9. The summed E-state index contributed by atoms with van der Waals surface area (Å²) in [6.45, 7) is 8.45. The smallest absolute Gasteiger partial charge is 0.0897 e. The highest BCUT2D eigenvalue weighted by molar-refractivity contribution is 4.77. The topological polar surface area (TPSA) is 71.0 Å². The van der Waals surface area contributed by atoms with Crippen molar-refractivity contribution in [2.75, 3.05) is 39.6 Å². The summed E-state index contributed by atoms with van der Waals surface area (Å²) in [7, 11) is 0. The molecular weight excluding hydrogens is 234 g/mol. The Morgan fingerprint density at radius 1 is 1.17 bits per heavy atom. The largest absolute Gasteiger partial charge is 0.394 e. The Kier molecular flexibility index (Phi) is 10.6. The van der Waals surface area contributed by atoms with Crippen molar-refractivity contribution in [1.29, 1.82) is 0 Å². The molecular formula is C13H29NO4. The Balaban J connectivity index is 3.34. The van der Waals surface area contributed by atoms with Crippen molar-refractivity contribution in [2.45, 2.75) is 45.3 Å². The van der Waals surface area contributed by atoms with Crippen LogP contribution in [0.2, 0.25) is 0 Å². The third-order valence-corrected chi connectivity index (χ3v) is 2.54. The van der Waals surface area contributed by atoms with Crippen LogP contribution in [0.25, 0.3) is 0 Å². The molecule has 1 atom stereocenters. The van der Waals surface area contributed by atoms with E-state index >= 15 is 0 Å². The second-order valence-electron chi connectivity index (χ2n) is 5.12. The van der Waals surface area contributed by atoms with E-state index in [1.807, 2.05) is 13.8 Å². The van der Waals surface area contributed by atoms with E-state index in [-0.39, 0.29) is 18.8 Å². The maximum atomic E-state index is 9.64. The second kappa shape index (κ2) is 10.7. The lowest BCUT2D eigenvalue weighted by atomic mass is 10.1. The Labute approximate surface area is 110 Å². The van der Waals surface area contributed by atoms with Crippen LogP contribution in [0.3, 0.4) is 0 Å². The van der Waals surface area contributed by atoms with E-state index < -0.39 is 6.10 Å². The van der Waals surface area contributed by atoms with Crippen LogP contribution in [0, 0.1) is 0 Å². The van der Waals surface area contributed by atoms with E-state index in [9.17, 15) is 5.11 Å². The Bertz CT molecular complexity index is 188. The first-order chi connectivity index (χ1) is 8.52. The molecule has 1 unspecified atom stereocenters. The first-order valence-corrected chi connectivity index (χ1v) is 6.71. The van der Waals surface area contributed by atoms with Crippen LogP contribution in [0.1, 0.15) is 33.6 Å². The predicted octanol–water partition coefficient (Wildman–Crippen LogP) is 0.541. The van der Waals surface area contributed by atoms with Crippen LogP contribution < -0.4 is 5.32 Å². The fraction of sp³-hybridized carbons (Fsp3) is 1.00. The van der Waals surface area contributed by atoms with Gasteiger partial charge in [-0.3, -0.25) is 0 Å². The van der Waals surface area contributed by atoms with Gasteiger partial charge < -0.3 is 25.0 Å². The normalized spacial score (nSPS) is 13.8. The quantitative estimate of drug-likeness (QED) is 0.448. The highest BCUT2D eigenvalue weighted by atomic mass is 16.5. The van der Waals surface area contributed by atoms with Crippen LogP contribution >= 0.6 is 0 Å². The molecule has 0 aliphatic heterocycles. The Morgan fingerprint density at radius 3 is 2.44 bits per heavy atom. The summed E-state index contributed by atoms with van der Waals surface area (Å²) < 4.78 is 10.6. The fourth-order valence-electron chi connectivity index (χ4n) is 1.19. The molecule has 0 fully saturated rings. The first-order valence-electron chi connectivity index (χ1n) is 6.71. The van der Waals surface area contributed by atoms with E-state index in [4.69, 9.17) is 14.6 Å². The summed E-state index contributed by atoms with van der Waals surface area (Å²) in [6.07, 6.45) is 1.64. The molecule has 18 heavy (non-hydrogen) atoms. The van der Waals surface area contributed by atoms with Gasteiger partial charge in [-0.05, 0) is 20.3 Å². The number of rotatable bonds is 12. The highest BCUT2D eigenvalue weighted by Gasteiger charge is 2.16. The minimum atomic E-state index is -0.563. The van der Waals surface area contributed by atoms with Crippen molar-refractivity contribution in [3.63, 3.8) is 0 Å². The van der Waals surface area contributed by atoms with Gasteiger partial charge in [-0.25, -0.2) is 0 Å². The average molecular weight is 263 g/mol. The van der Waals surface area contributed by atoms with Crippen LogP contribution in [0.4, 0.5) is 0 Å². The van der Waals surface area contributed by atoms with Crippen LogP contribution in [-0.2, 0) is 9.47 Å². The molecule has 0 bridgehead atoms. The van der Waals surface area contributed by atoms with Gasteiger partial charge in [-0.2, -0.15) is 0 Å². The van der Waals surface area contributed by atoms with Gasteiger partial charge in [-0.15, -0.1) is 0 Å². The zero-order chi connectivity index (χ0) is 13.9. The van der Waals surface area contributed by atoms with Crippen molar-refractivity contribution in [3.8, 4) is 0 Å². The number of aliphatic hydroxyl groups excluding tert-OH is 2. The zero-order valence-electron chi connectivity index (χ0n) is 11.9. The lowest BCUT2D eigenvalue weighted by Crippen LogP contribution is -2.47. The van der Waals surface area contributed by atoms with Gasteiger partial charge in [0.15, 0.2) is 0 Å². The summed E-state index contributed by atoms with van der Waals surface area (Å²) in [5, 5.41) is 21.7. The molecule has 110 valence electrons. The minimum absolute atomic E-state index is 0.0336. The lowest BCUT2D eigenvalue weighted by molar-refractivity contribution is 0.00108. The van der Waals surface area contributed by atoms with Gasteiger partial charge in [0.25, 0.3) is 0 Å². The van der Waals surface area contributed by atoms with Gasteiger partial charge in [0.05, 0.1) is 32.5 Å². The molecule has 0 saturated heterocycles. The van der Waals surface area contributed by atoms with Gasteiger partial charge in [0.1, 0.15) is 0 Å². The Morgan fingerprint density at radius 2 is 1.83 bits per heavy atom. The van der Waals surface area contributed by atoms with Crippen LogP contribution in [0.15, 0.2) is 0 Å². The number of nitrogens with one attached hydrogen (secondary N) is 1. The molecule has 0 amide bonds. The van der Waals surface area contributed by atoms with Gasteiger partial charge in [0.2, 0.25) is 0 Å². The summed E-state index contributed by atoms with van der Waals surface area (Å²) in [5.41, 5.74) is -0.371. The number of unbranched alkanes of at least 4 members (excludes halogenated alkanes) is 1. The molecule has 0 heterocycles. The second-order valence-corrected chi connectivity index (χ2v) is 5.12. The average Bonchev–Trinajstić information content (AvgIpc) is 2.35. The molecule has 0 aliphatic carbocycles. The molecule has 0 aromatic heterocycles. The molecule has 0 aromatic carbocycles. The van der Waals surface area contributed by atoms with Gasteiger partial charge in [0, 0.05) is 18.7 Å². The third kappa shape index (κ3) is 10.9. The summed E-state index contributed by atoms with van der Waals surface area (Å²) in [4.78, 5) is 0. The molecule has 5 nitrogen and oxygen atoms in total. The van der Waals surface area contributed by atoms with E-state index in [1.54, 1.807) is 0 Å². The summed E-state index contributed by atoms with van der Waals surface area (Å²) in [6, 6.07) is 0. The molecule has 0 radical (unpaired) electrons. The van der Waals surface area contributed by atoms with Crippen molar-refractivity contribution in [2.24, 2.45) is 0 Å². The van der Waals surface area contributed by atoms with Crippen LogP contribution in [-0.4, -0.2) is 61.4 Å². The summed E-state index contributed by atoms with van der Waals surface area (Å²) in [5.74, 6) is 0. The molecule has 0 saturated carbocycles. The number of ether oxygens (including phenoxy) is 2. The van der Waals surface area contributed by atoms with E-state index in [0.717, 1.165) is 19.4 Å². The monoisotopic (exact) mass is 263 g/mol. The maximum absolute atomic E-state index is 9.64. The number of hydrogen-bond donors (Lipinski definition) is 3. The van der Waals surface area contributed by atoms with Crippen molar-refractivity contribution >= 4 is 0 Å². The Hall–Kier alpha value is -0.200. The minimum Gasteiger partial charge on any atom is -0.394 e. The van der Waals surface area contributed by atoms with Crippen molar-refractivity contribution < 1.29 is 19.7 Å². The molecule has 0 rings (SSSR count). The van der Waals surface area contributed by atoms with Crippen LogP contribution in [0.5, 0.6) is 0 Å². The van der Waals surface area contributed by atoms with E-state index in [0.29, 0.717) is 19.8 Å². The SMILES string of the molecule is CCCCOCCOCC(O)CNC(C)(C)CO. The predicted molar refractivity (Wildman–Crippen MR) is 71.7 cm³/mol. The van der Waals surface area contributed by atoms with Gasteiger partial charge in [-0.1, -0.05) is 13.3 Å². The molecule has 3 N–H and O–H groups in total. The first kappa shape index (κ1) is 17.8. The molecule has 0 aliphatic rings. The molecule has 5 heteroatoms.